The number of nitrogens with two attached hydrogens (primary N) is 1. The minimum Gasteiger partial charge on any atom is -0.344 e. The molecule has 0 spiro atoms. The molecule has 2 heterocycles. The van der Waals surface area contributed by atoms with Crippen LogP contribution in [0.4, 0.5) is 26.3 Å². The van der Waals surface area contributed by atoms with Gasteiger partial charge in [0.25, 0.3) is 5.91 Å². The number of alkyl halides is 2. The van der Waals surface area contributed by atoms with E-state index in [0.29, 0.717) is 41.2 Å². The molecule has 0 atom stereocenters. The van der Waals surface area contributed by atoms with E-state index in [0.717, 1.165) is 37.8 Å². The molecule has 2 fully saturated rings. The number of Topliss-reactive ketones (excluding diaryl/α,β-unsaturated/α-hetero) is 2. The molecule has 2 aromatic heterocycles. The fraction of sp³-hybridized carbons (Fsp3) is 0.324. The highest BCUT2D eigenvalue weighted by atomic mass is 19.3. The SMILES string of the molecule is NCC(=O)c1cnc(CC2(c3cc(F)cc(F)c3)CC2)nc1.O=C(CNC(=O)C(F)F)c1cnc(CC2(c3cc(F)cc(F)c3)CC2)nc1. The monoisotopic (exact) mass is 684 g/mol. The number of carbonyl (C=O) groups is 3. The first-order chi connectivity index (χ1) is 23.3. The Morgan fingerprint density at radius 1 is 0.653 bits per heavy atom. The van der Waals surface area contributed by atoms with E-state index in [1.165, 1.54) is 49.1 Å². The summed E-state index contributed by atoms with van der Waals surface area (Å²) in [6, 6.07) is 6.98. The lowest BCUT2D eigenvalue weighted by atomic mass is 9.92. The topological polar surface area (TPSA) is 141 Å². The summed E-state index contributed by atoms with van der Waals surface area (Å²) in [5, 5.41) is 1.81. The Morgan fingerprint density at radius 3 is 1.35 bits per heavy atom. The van der Waals surface area contributed by atoms with Crippen LogP contribution in [0.5, 0.6) is 0 Å². The van der Waals surface area contributed by atoms with Gasteiger partial charge in [-0.1, -0.05) is 0 Å². The normalized spacial score (nSPS) is 15.2. The number of carbonyl (C=O) groups excluding carboxylic acids is 3. The highest BCUT2D eigenvalue weighted by Gasteiger charge is 2.46. The van der Waals surface area contributed by atoms with Crippen LogP contribution in [0.1, 0.15) is 69.2 Å². The molecule has 2 saturated carbocycles. The summed E-state index contributed by atoms with van der Waals surface area (Å²) in [5.74, 6) is -3.87. The van der Waals surface area contributed by atoms with Gasteiger partial charge >= 0.3 is 6.43 Å². The Labute approximate surface area is 276 Å². The van der Waals surface area contributed by atoms with Gasteiger partial charge in [-0.15, -0.1) is 0 Å². The number of ketones is 2. The third-order valence-corrected chi connectivity index (χ3v) is 8.51. The second-order valence-corrected chi connectivity index (χ2v) is 12.1. The zero-order valence-corrected chi connectivity index (χ0v) is 25.9. The van der Waals surface area contributed by atoms with Crippen LogP contribution in [0.2, 0.25) is 0 Å². The fourth-order valence-corrected chi connectivity index (χ4v) is 5.41. The van der Waals surface area contributed by atoms with E-state index in [1.807, 2.05) is 5.32 Å². The van der Waals surface area contributed by atoms with Gasteiger partial charge in [0.2, 0.25) is 0 Å². The minimum absolute atomic E-state index is 0.0648. The summed E-state index contributed by atoms with van der Waals surface area (Å²) in [5.41, 5.74) is 6.16. The number of hydrogen-bond donors (Lipinski definition) is 2. The van der Waals surface area contributed by atoms with Crippen molar-refractivity contribution in [1.82, 2.24) is 25.3 Å². The van der Waals surface area contributed by atoms with Crippen molar-refractivity contribution in [2.45, 2.75) is 55.8 Å². The van der Waals surface area contributed by atoms with Crippen LogP contribution >= 0.6 is 0 Å². The molecular formula is C34H30F6N6O3. The second-order valence-electron chi connectivity index (χ2n) is 12.1. The molecule has 1 amide bonds. The lowest BCUT2D eigenvalue weighted by Crippen LogP contribution is -2.34. The van der Waals surface area contributed by atoms with Crippen LogP contribution < -0.4 is 11.1 Å². The highest BCUT2D eigenvalue weighted by molar-refractivity contribution is 5.99. The zero-order valence-electron chi connectivity index (χ0n) is 25.9. The number of nitrogens with one attached hydrogen (secondary N) is 1. The fourth-order valence-electron chi connectivity index (χ4n) is 5.41. The Morgan fingerprint density at radius 2 is 1.02 bits per heavy atom. The van der Waals surface area contributed by atoms with Gasteiger partial charge in [0.15, 0.2) is 11.6 Å². The van der Waals surface area contributed by atoms with E-state index in [1.54, 1.807) is 0 Å². The average Bonchev–Trinajstić information content (AvgIpc) is 4.01. The van der Waals surface area contributed by atoms with Gasteiger partial charge in [0.1, 0.15) is 34.9 Å². The Balaban J connectivity index is 0.000000195. The maximum Gasteiger partial charge on any atom is 0.315 e. The summed E-state index contributed by atoms with van der Waals surface area (Å²) >= 11 is 0. The molecule has 0 aliphatic heterocycles. The lowest BCUT2D eigenvalue weighted by Gasteiger charge is -2.15. The molecule has 2 aliphatic rings. The predicted octanol–water partition coefficient (Wildman–Crippen LogP) is 4.76. The smallest absolute Gasteiger partial charge is 0.315 e. The molecule has 0 saturated heterocycles. The number of benzene rings is 2. The molecule has 9 nitrogen and oxygen atoms in total. The third kappa shape index (κ3) is 8.90. The van der Waals surface area contributed by atoms with Crippen LogP contribution in [0.25, 0.3) is 0 Å². The molecule has 0 bridgehead atoms. The summed E-state index contributed by atoms with van der Waals surface area (Å²) < 4.78 is 77.9. The first-order valence-electron chi connectivity index (χ1n) is 15.2. The maximum atomic E-state index is 13.5. The molecule has 256 valence electrons. The van der Waals surface area contributed by atoms with Gasteiger partial charge in [0, 0.05) is 60.6 Å². The third-order valence-electron chi connectivity index (χ3n) is 8.51. The molecule has 0 unspecified atom stereocenters. The number of halogens is 6. The van der Waals surface area contributed by atoms with Crippen LogP contribution in [0, 0.1) is 23.3 Å². The van der Waals surface area contributed by atoms with Gasteiger partial charge in [0.05, 0.1) is 24.2 Å². The summed E-state index contributed by atoms with van der Waals surface area (Å²) in [6.45, 7) is -0.673. The van der Waals surface area contributed by atoms with Crippen molar-refractivity contribution in [2.24, 2.45) is 5.73 Å². The van der Waals surface area contributed by atoms with Crippen molar-refractivity contribution in [3.8, 4) is 0 Å². The van der Waals surface area contributed by atoms with E-state index in [9.17, 15) is 40.7 Å². The first kappa shape index (κ1) is 35.3. The van der Waals surface area contributed by atoms with Crippen molar-refractivity contribution in [1.29, 1.82) is 0 Å². The van der Waals surface area contributed by atoms with Crippen molar-refractivity contribution in [3.05, 3.63) is 118 Å². The summed E-state index contributed by atoms with van der Waals surface area (Å²) in [4.78, 5) is 50.6. The molecule has 2 aliphatic carbocycles. The Hall–Kier alpha value is -5.05. The maximum absolute atomic E-state index is 13.5. The lowest BCUT2D eigenvalue weighted by molar-refractivity contribution is -0.131. The molecule has 3 N–H and O–H groups in total. The van der Waals surface area contributed by atoms with Gasteiger partial charge in [-0.05, 0) is 61.1 Å². The van der Waals surface area contributed by atoms with Crippen molar-refractivity contribution >= 4 is 17.5 Å². The summed E-state index contributed by atoms with van der Waals surface area (Å²) in [6.07, 6.45) is 6.16. The molecular weight excluding hydrogens is 654 g/mol. The molecule has 0 radical (unpaired) electrons. The molecule has 15 heteroatoms. The largest absolute Gasteiger partial charge is 0.344 e. The predicted molar refractivity (Wildman–Crippen MR) is 163 cm³/mol. The number of aromatic nitrogens is 4. The van der Waals surface area contributed by atoms with Crippen molar-refractivity contribution < 1.29 is 40.7 Å². The number of rotatable bonds is 12. The highest BCUT2D eigenvalue weighted by Crippen LogP contribution is 2.51. The number of hydrogen-bond acceptors (Lipinski definition) is 8. The number of nitrogens with zero attached hydrogens (tertiary/aromatic N) is 4. The number of amides is 1. The van der Waals surface area contributed by atoms with E-state index in [2.05, 4.69) is 19.9 Å². The van der Waals surface area contributed by atoms with Crippen LogP contribution in [-0.4, -0.2) is 56.9 Å². The second kappa shape index (κ2) is 14.6. The Bertz CT molecular complexity index is 1810. The molecule has 2 aromatic carbocycles. The quantitative estimate of drug-likeness (QED) is 0.161. The van der Waals surface area contributed by atoms with Crippen LogP contribution in [0.15, 0.2) is 61.2 Å². The van der Waals surface area contributed by atoms with Crippen LogP contribution in [-0.2, 0) is 28.5 Å². The van der Waals surface area contributed by atoms with E-state index >= 15 is 0 Å². The van der Waals surface area contributed by atoms with Crippen molar-refractivity contribution in [3.63, 3.8) is 0 Å². The van der Waals surface area contributed by atoms with Gasteiger partial charge in [-0.2, -0.15) is 8.78 Å². The Kier molecular flexibility index (Phi) is 10.5. The zero-order chi connectivity index (χ0) is 35.3. The van der Waals surface area contributed by atoms with Crippen molar-refractivity contribution in [2.75, 3.05) is 13.1 Å². The van der Waals surface area contributed by atoms with Gasteiger partial charge in [-0.25, -0.2) is 37.5 Å². The summed E-state index contributed by atoms with van der Waals surface area (Å²) in [7, 11) is 0. The van der Waals surface area contributed by atoms with E-state index in [4.69, 9.17) is 5.73 Å². The van der Waals surface area contributed by atoms with Gasteiger partial charge < -0.3 is 11.1 Å². The minimum atomic E-state index is -3.20. The van der Waals surface area contributed by atoms with E-state index in [-0.39, 0.29) is 23.3 Å². The molecule has 6 rings (SSSR count). The standard InChI is InChI=1S/C18H15F4N3O2.C16H15F2N3O/c19-12-3-11(4-13(20)5-12)18(1-2-18)6-15-23-7-10(8-24-15)14(26)9-25-17(27)16(21)22;17-12-3-11(4-13(18)5-12)16(1-2-16)6-15-20-8-10(9-21-15)14(22)7-19/h3-5,7-8,16H,1-2,6,9H2,(H,25,27);3-5,8-9H,1-2,6-7,19H2. The first-order valence-corrected chi connectivity index (χ1v) is 15.2. The van der Waals surface area contributed by atoms with Gasteiger partial charge in [-0.3, -0.25) is 14.4 Å². The average molecular weight is 685 g/mol. The van der Waals surface area contributed by atoms with E-state index < -0.39 is 53.3 Å². The molecule has 49 heavy (non-hydrogen) atoms. The molecule has 4 aromatic rings. The van der Waals surface area contributed by atoms with Crippen LogP contribution in [0.3, 0.4) is 0 Å².